The van der Waals surface area contributed by atoms with Crippen LogP contribution in [0.3, 0.4) is 0 Å². The number of nitrogens with one attached hydrogen (secondary N) is 1. The zero-order valence-corrected chi connectivity index (χ0v) is 14.6. The van der Waals surface area contributed by atoms with Crippen molar-refractivity contribution < 1.29 is 9.84 Å². The van der Waals surface area contributed by atoms with Crippen molar-refractivity contribution in [3.63, 3.8) is 0 Å². The third kappa shape index (κ3) is 4.66. The minimum Gasteiger partial charge on any atom is -0.508 e. The first-order valence-corrected chi connectivity index (χ1v) is 7.59. The maximum absolute atomic E-state index is 9.65. The predicted octanol–water partition coefficient (Wildman–Crippen LogP) is 2.99. The molecule has 4 nitrogen and oxygen atoms in total. The highest BCUT2D eigenvalue weighted by Gasteiger charge is 2.31. The zero-order chi connectivity index (χ0) is 13.9. The van der Waals surface area contributed by atoms with Crippen LogP contribution in [0.5, 0.6) is 11.5 Å². The summed E-state index contributed by atoms with van der Waals surface area (Å²) in [6.45, 7) is 4.28. The Kier molecular flexibility index (Phi) is 7.77. The van der Waals surface area contributed by atoms with Crippen LogP contribution in [0.4, 0.5) is 0 Å². The number of hydrogen-bond acceptors (Lipinski definition) is 4. The van der Waals surface area contributed by atoms with Crippen LogP contribution in [0, 0.1) is 5.92 Å². The van der Waals surface area contributed by atoms with E-state index in [0.717, 1.165) is 37.8 Å². The number of hydrogen-bond donors (Lipinski definition) is 2. The van der Waals surface area contributed by atoms with E-state index < -0.39 is 0 Å². The number of halogens is 2. The van der Waals surface area contributed by atoms with Crippen molar-refractivity contribution in [1.82, 2.24) is 10.2 Å². The van der Waals surface area contributed by atoms with Gasteiger partial charge in [0.1, 0.15) is 11.5 Å². The highest BCUT2D eigenvalue weighted by molar-refractivity contribution is 5.85. The van der Waals surface area contributed by atoms with E-state index >= 15 is 0 Å². The second-order valence-corrected chi connectivity index (χ2v) is 5.91. The lowest BCUT2D eigenvalue weighted by atomic mass is 9.97. The van der Waals surface area contributed by atoms with Gasteiger partial charge in [0.2, 0.25) is 0 Å². The maximum atomic E-state index is 9.65. The van der Waals surface area contributed by atoms with Gasteiger partial charge >= 0.3 is 0 Å². The second-order valence-electron chi connectivity index (χ2n) is 5.91. The Hall–Kier alpha value is -0.680. The summed E-state index contributed by atoms with van der Waals surface area (Å²) in [7, 11) is 1.68. The fourth-order valence-electron chi connectivity index (χ4n) is 3.11. The SMILES string of the molecule is COc1cc(O)ccc1[C@@H](CC1CC1)N1CCNCC1.Cl.Cl. The fourth-order valence-corrected chi connectivity index (χ4v) is 3.11. The van der Waals surface area contributed by atoms with Crippen LogP contribution in [-0.2, 0) is 0 Å². The highest BCUT2D eigenvalue weighted by Crippen LogP contribution is 2.43. The molecule has 1 saturated heterocycles. The first-order chi connectivity index (χ1) is 9.78. The van der Waals surface area contributed by atoms with Crippen molar-refractivity contribution in [1.29, 1.82) is 0 Å². The number of phenols is 1. The van der Waals surface area contributed by atoms with Gasteiger partial charge in [0.25, 0.3) is 0 Å². The van der Waals surface area contributed by atoms with Gasteiger partial charge in [-0.05, 0) is 18.4 Å². The van der Waals surface area contributed by atoms with E-state index in [0.29, 0.717) is 6.04 Å². The maximum Gasteiger partial charge on any atom is 0.127 e. The quantitative estimate of drug-likeness (QED) is 0.858. The smallest absolute Gasteiger partial charge is 0.127 e. The summed E-state index contributed by atoms with van der Waals surface area (Å²) >= 11 is 0. The summed E-state index contributed by atoms with van der Waals surface area (Å²) in [5.74, 6) is 1.96. The van der Waals surface area contributed by atoms with Gasteiger partial charge in [-0.15, -0.1) is 24.8 Å². The molecule has 6 heteroatoms. The largest absolute Gasteiger partial charge is 0.508 e. The van der Waals surface area contributed by atoms with Crippen LogP contribution in [0.1, 0.15) is 30.9 Å². The van der Waals surface area contributed by atoms with Crippen LogP contribution in [0.25, 0.3) is 0 Å². The average Bonchev–Trinajstić information content (AvgIpc) is 3.30. The van der Waals surface area contributed by atoms with Crippen LogP contribution in [-0.4, -0.2) is 43.3 Å². The van der Waals surface area contributed by atoms with Crippen molar-refractivity contribution in [3.8, 4) is 11.5 Å². The Bertz CT molecular complexity index is 463. The lowest BCUT2D eigenvalue weighted by molar-refractivity contribution is 0.157. The van der Waals surface area contributed by atoms with Crippen molar-refractivity contribution in [2.75, 3.05) is 33.3 Å². The standard InChI is InChI=1S/C16H24N2O2.2ClH/c1-20-16-11-13(19)4-5-14(16)15(10-12-2-3-12)18-8-6-17-7-9-18;;/h4-5,11-12,15,17,19H,2-3,6-10H2,1H3;2*1H/t15-;;/m1../s1. The molecule has 0 spiro atoms. The molecule has 0 radical (unpaired) electrons. The minimum atomic E-state index is 0. The summed E-state index contributed by atoms with van der Waals surface area (Å²) < 4.78 is 5.50. The van der Waals surface area contributed by atoms with Gasteiger partial charge in [-0.2, -0.15) is 0 Å². The Labute approximate surface area is 145 Å². The number of ether oxygens (including phenoxy) is 1. The van der Waals surface area contributed by atoms with E-state index in [2.05, 4.69) is 10.2 Å². The molecule has 126 valence electrons. The second kappa shape index (κ2) is 8.82. The number of nitrogens with zero attached hydrogens (tertiary/aromatic N) is 1. The molecule has 0 aromatic heterocycles. The van der Waals surface area contributed by atoms with Crippen LogP contribution >= 0.6 is 24.8 Å². The van der Waals surface area contributed by atoms with Gasteiger partial charge < -0.3 is 15.2 Å². The van der Waals surface area contributed by atoms with Crippen LogP contribution < -0.4 is 10.1 Å². The Morgan fingerprint density at radius 1 is 1.27 bits per heavy atom. The summed E-state index contributed by atoms with van der Waals surface area (Å²) in [4.78, 5) is 2.56. The number of benzene rings is 1. The third-order valence-corrected chi connectivity index (χ3v) is 4.42. The van der Waals surface area contributed by atoms with Crippen LogP contribution in [0.15, 0.2) is 18.2 Å². The van der Waals surface area contributed by atoms with E-state index in [1.165, 1.54) is 24.8 Å². The molecule has 2 N–H and O–H groups in total. The monoisotopic (exact) mass is 348 g/mol. The molecular weight excluding hydrogens is 323 g/mol. The summed E-state index contributed by atoms with van der Waals surface area (Å²) in [6, 6.07) is 5.96. The lowest BCUT2D eigenvalue weighted by Gasteiger charge is -2.36. The molecule has 1 aliphatic heterocycles. The number of phenolic OH excluding ortho intramolecular Hbond substituents is 1. The van der Waals surface area contributed by atoms with Crippen molar-refractivity contribution in [2.24, 2.45) is 5.92 Å². The molecule has 2 fully saturated rings. The number of methoxy groups -OCH3 is 1. The molecule has 1 aromatic carbocycles. The Morgan fingerprint density at radius 3 is 2.55 bits per heavy atom. The van der Waals surface area contributed by atoms with Gasteiger partial charge in [0.15, 0.2) is 0 Å². The van der Waals surface area contributed by atoms with Gasteiger partial charge in [-0.3, -0.25) is 4.90 Å². The molecule has 1 saturated carbocycles. The van der Waals surface area contributed by atoms with E-state index in [1.54, 1.807) is 19.2 Å². The highest BCUT2D eigenvalue weighted by atomic mass is 35.5. The van der Waals surface area contributed by atoms with Crippen molar-refractivity contribution in [2.45, 2.75) is 25.3 Å². The Morgan fingerprint density at radius 2 is 1.95 bits per heavy atom. The molecule has 0 bridgehead atoms. The van der Waals surface area contributed by atoms with E-state index in [1.807, 2.05) is 6.07 Å². The first kappa shape index (κ1) is 19.4. The Balaban J connectivity index is 0.00000121. The van der Waals surface area contributed by atoms with Gasteiger partial charge in [0, 0.05) is 43.9 Å². The lowest BCUT2D eigenvalue weighted by Crippen LogP contribution is -2.45. The molecule has 1 aliphatic carbocycles. The normalized spacial score (nSPS) is 19.7. The van der Waals surface area contributed by atoms with Crippen LogP contribution in [0.2, 0.25) is 0 Å². The molecule has 2 aliphatic rings. The van der Waals surface area contributed by atoms with E-state index in [4.69, 9.17) is 4.74 Å². The number of rotatable bonds is 5. The van der Waals surface area contributed by atoms with E-state index in [9.17, 15) is 5.11 Å². The molecular formula is C16H26Cl2N2O2. The summed E-state index contributed by atoms with van der Waals surface area (Å²) in [5.41, 5.74) is 1.22. The molecule has 0 unspecified atom stereocenters. The minimum absolute atomic E-state index is 0. The molecule has 0 amide bonds. The number of piperazine rings is 1. The van der Waals surface area contributed by atoms with Crippen molar-refractivity contribution >= 4 is 24.8 Å². The predicted molar refractivity (Wildman–Crippen MR) is 93.7 cm³/mol. The zero-order valence-electron chi connectivity index (χ0n) is 13.0. The molecule has 3 rings (SSSR count). The molecule has 22 heavy (non-hydrogen) atoms. The molecule has 1 aromatic rings. The first-order valence-electron chi connectivity index (χ1n) is 7.59. The topological polar surface area (TPSA) is 44.7 Å². The van der Waals surface area contributed by atoms with Gasteiger partial charge in [0.05, 0.1) is 7.11 Å². The fraction of sp³-hybridized carbons (Fsp3) is 0.625. The van der Waals surface area contributed by atoms with Crippen molar-refractivity contribution in [3.05, 3.63) is 23.8 Å². The van der Waals surface area contributed by atoms with Gasteiger partial charge in [-0.25, -0.2) is 0 Å². The van der Waals surface area contributed by atoms with Gasteiger partial charge in [-0.1, -0.05) is 18.9 Å². The number of aromatic hydroxyl groups is 1. The molecule has 1 atom stereocenters. The summed E-state index contributed by atoms with van der Waals surface area (Å²) in [6.07, 6.45) is 3.94. The van der Waals surface area contributed by atoms with E-state index in [-0.39, 0.29) is 30.6 Å². The molecule has 1 heterocycles. The summed E-state index contributed by atoms with van der Waals surface area (Å²) in [5, 5.41) is 13.1. The third-order valence-electron chi connectivity index (χ3n) is 4.42. The average molecular weight is 349 g/mol.